The number of hydrogen-bond donors (Lipinski definition) is 0. The van der Waals surface area contributed by atoms with Crippen molar-refractivity contribution in [3.8, 4) is 5.75 Å². The van der Waals surface area contributed by atoms with E-state index in [2.05, 4.69) is 0 Å². The van der Waals surface area contributed by atoms with Gasteiger partial charge in [0.25, 0.3) is 0 Å². The standard InChI is InChI=1S/C17H24FNO4/c1-21-10-11-22-13-17(20)19-8-6-14(12-19)7-9-23-16-4-2-15(18)3-5-16/h2-5,14H,6-13H2,1H3. The zero-order chi connectivity index (χ0) is 16.5. The number of nitrogens with zero attached hydrogens (tertiary/aromatic N) is 1. The monoisotopic (exact) mass is 325 g/mol. The van der Waals surface area contributed by atoms with Gasteiger partial charge >= 0.3 is 0 Å². The fraction of sp³-hybridized carbons (Fsp3) is 0.588. The number of benzene rings is 1. The summed E-state index contributed by atoms with van der Waals surface area (Å²) in [4.78, 5) is 13.8. The maximum Gasteiger partial charge on any atom is 0.248 e. The van der Waals surface area contributed by atoms with Crippen LogP contribution < -0.4 is 4.74 Å². The van der Waals surface area contributed by atoms with Crippen LogP contribution in [0.2, 0.25) is 0 Å². The van der Waals surface area contributed by atoms with Gasteiger partial charge in [-0.05, 0) is 43.0 Å². The summed E-state index contributed by atoms with van der Waals surface area (Å²) in [6.45, 7) is 3.14. The van der Waals surface area contributed by atoms with Crippen molar-refractivity contribution < 1.29 is 23.4 Å². The fourth-order valence-corrected chi connectivity index (χ4v) is 2.56. The van der Waals surface area contributed by atoms with Crippen molar-refractivity contribution in [1.82, 2.24) is 4.90 Å². The maximum absolute atomic E-state index is 12.8. The average Bonchev–Trinajstić information content (AvgIpc) is 3.02. The minimum absolute atomic E-state index is 0.0306. The SMILES string of the molecule is COCCOCC(=O)N1CCC(CCOc2ccc(F)cc2)C1. The summed E-state index contributed by atoms with van der Waals surface area (Å²) in [5.74, 6) is 0.875. The number of carbonyl (C=O) groups is 1. The Morgan fingerprint density at radius 2 is 2.04 bits per heavy atom. The molecule has 1 heterocycles. The Bertz CT molecular complexity index is 480. The Morgan fingerprint density at radius 3 is 2.78 bits per heavy atom. The number of carbonyl (C=O) groups excluding carboxylic acids is 1. The van der Waals surface area contributed by atoms with Crippen LogP contribution in [-0.4, -0.2) is 57.4 Å². The van der Waals surface area contributed by atoms with Crippen LogP contribution in [0.3, 0.4) is 0 Å². The molecule has 0 radical (unpaired) electrons. The van der Waals surface area contributed by atoms with Crippen molar-refractivity contribution in [2.45, 2.75) is 12.8 Å². The molecular formula is C17H24FNO4. The predicted molar refractivity (Wildman–Crippen MR) is 83.9 cm³/mol. The summed E-state index contributed by atoms with van der Waals surface area (Å²) in [5.41, 5.74) is 0. The molecule has 1 aromatic rings. The van der Waals surface area contributed by atoms with E-state index in [1.807, 2.05) is 4.90 Å². The van der Waals surface area contributed by atoms with Gasteiger partial charge < -0.3 is 19.1 Å². The third-order valence-corrected chi connectivity index (χ3v) is 3.90. The molecule has 1 atom stereocenters. The van der Waals surface area contributed by atoms with Crippen LogP contribution in [0.25, 0.3) is 0 Å². The molecule has 0 N–H and O–H groups in total. The number of hydrogen-bond acceptors (Lipinski definition) is 4. The van der Waals surface area contributed by atoms with Crippen molar-refractivity contribution in [1.29, 1.82) is 0 Å². The predicted octanol–water partition coefficient (Wildman–Crippen LogP) is 2.11. The molecule has 128 valence electrons. The highest BCUT2D eigenvalue weighted by atomic mass is 19.1. The zero-order valence-electron chi connectivity index (χ0n) is 13.5. The van der Waals surface area contributed by atoms with Crippen molar-refractivity contribution in [2.75, 3.05) is 46.6 Å². The van der Waals surface area contributed by atoms with Gasteiger partial charge in [0.2, 0.25) is 5.91 Å². The smallest absolute Gasteiger partial charge is 0.248 e. The summed E-state index contributed by atoms with van der Waals surface area (Å²) in [6, 6.07) is 6.01. The Kier molecular flexibility index (Phi) is 7.29. The van der Waals surface area contributed by atoms with Crippen LogP contribution in [0.5, 0.6) is 5.75 Å². The van der Waals surface area contributed by atoms with E-state index < -0.39 is 0 Å². The van der Waals surface area contributed by atoms with Crippen LogP contribution in [0.1, 0.15) is 12.8 Å². The Hall–Kier alpha value is -1.66. The topological polar surface area (TPSA) is 48.0 Å². The molecule has 0 aromatic heterocycles. The van der Waals surface area contributed by atoms with Gasteiger partial charge in [-0.25, -0.2) is 4.39 Å². The Balaban J connectivity index is 1.61. The lowest BCUT2D eigenvalue weighted by Crippen LogP contribution is -2.32. The third-order valence-electron chi connectivity index (χ3n) is 3.90. The molecule has 23 heavy (non-hydrogen) atoms. The quantitative estimate of drug-likeness (QED) is 0.653. The first-order chi connectivity index (χ1) is 11.2. The molecular weight excluding hydrogens is 301 g/mol. The molecule has 1 aromatic carbocycles. The molecule has 1 fully saturated rings. The van der Waals surface area contributed by atoms with E-state index in [9.17, 15) is 9.18 Å². The minimum atomic E-state index is -0.269. The highest BCUT2D eigenvalue weighted by Crippen LogP contribution is 2.20. The van der Waals surface area contributed by atoms with Crippen LogP contribution in [0.15, 0.2) is 24.3 Å². The lowest BCUT2D eigenvalue weighted by atomic mass is 10.1. The minimum Gasteiger partial charge on any atom is -0.494 e. The largest absolute Gasteiger partial charge is 0.494 e. The number of amides is 1. The number of methoxy groups -OCH3 is 1. The molecule has 1 unspecified atom stereocenters. The molecule has 5 nitrogen and oxygen atoms in total. The first kappa shape index (κ1) is 17.7. The molecule has 1 amide bonds. The summed E-state index contributed by atoms with van der Waals surface area (Å²) < 4.78 is 28.5. The molecule has 1 aliphatic heterocycles. The third kappa shape index (κ3) is 6.15. The van der Waals surface area contributed by atoms with Crippen LogP contribution in [-0.2, 0) is 14.3 Å². The Labute approximate surface area is 136 Å². The van der Waals surface area contributed by atoms with Crippen LogP contribution in [0, 0.1) is 11.7 Å². The second-order valence-electron chi connectivity index (χ2n) is 5.63. The van der Waals surface area contributed by atoms with Gasteiger partial charge in [-0.1, -0.05) is 0 Å². The van der Waals surface area contributed by atoms with Gasteiger partial charge in [-0.2, -0.15) is 0 Å². The fourth-order valence-electron chi connectivity index (χ4n) is 2.56. The van der Waals surface area contributed by atoms with Crippen molar-refractivity contribution in [3.63, 3.8) is 0 Å². The zero-order valence-corrected chi connectivity index (χ0v) is 13.5. The van der Waals surface area contributed by atoms with E-state index >= 15 is 0 Å². The molecule has 0 bridgehead atoms. The van der Waals surface area contributed by atoms with Crippen molar-refractivity contribution in [2.24, 2.45) is 5.92 Å². The van der Waals surface area contributed by atoms with Crippen molar-refractivity contribution >= 4 is 5.91 Å². The first-order valence-electron chi connectivity index (χ1n) is 7.92. The second-order valence-corrected chi connectivity index (χ2v) is 5.63. The number of halogens is 1. The van der Waals surface area contributed by atoms with Gasteiger partial charge in [0.05, 0.1) is 19.8 Å². The molecule has 0 saturated carbocycles. The van der Waals surface area contributed by atoms with Gasteiger partial charge in [-0.3, -0.25) is 4.79 Å². The molecule has 0 aliphatic carbocycles. The van der Waals surface area contributed by atoms with E-state index in [4.69, 9.17) is 14.2 Å². The number of ether oxygens (including phenoxy) is 3. The van der Waals surface area contributed by atoms with Gasteiger partial charge in [0, 0.05) is 20.2 Å². The first-order valence-corrected chi connectivity index (χ1v) is 7.92. The van der Waals surface area contributed by atoms with Crippen molar-refractivity contribution in [3.05, 3.63) is 30.1 Å². The maximum atomic E-state index is 12.8. The summed E-state index contributed by atoms with van der Waals surface area (Å²) >= 11 is 0. The lowest BCUT2D eigenvalue weighted by molar-refractivity contribution is -0.135. The average molecular weight is 325 g/mol. The molecule has 2 rings (SSSR count). The highest BCUT2D eigenvalue weighted by molar-refractivity contribution is 5.77. The van der Waals surface area contributed by atoms with E-state index in [1.165, 1.54) is 12.1 Å². The van der Waals surface area contributed by atoms with Crippen LogP contribution >= 0.6 is 0 Å². The number of rotatable bonds is 9. The van der Waals surface area contributed by atoms with E-state index in [-0.39, 0.29) is 18.3 Å². The van der Waals surface area contributed by atoms with Gasteiger partial charge in [0.15, 0.2) is 0 Å². The molecule has 1 saturated heterocycles. The van der Waals surface area contributed by atoms with E-state index in [0.29, 0.717) is 31.5 Å². The van der Waals surface area contributed by atoms with E-state index in [0.717, 1.165) is 25.9 Å². The second kappa shape index (κ2) is 9.47. The molecule has 1 aliphatic rings. The van der Waals surface area contributed by atoms with Crippen LogP contribution in [0.4, 0.5) is 4.39 Å². The highest BCUT2D eigenvalue weighted by Gasteiger charge is 2.25. The summed E-state index contributed by atoms with van der Waals surface area (Å²) in [5, 5.41) is 0. The molecule has 0 spiro atoms. The van der Waals surface area contributed by atoms with E-state index in [1.54, 1.807) is 19.2 Å². The summed E-state index contributed by atoms with van der Waals surface area (Å²) in [6.07, 6.45) is 1.86. The number of likely N-dealkylation sites (tertiary alicyclic amines) is 1. The normalized spacial score (nSPS) is 17.5. The lowest BCUT2D eigenvalue weighted by Gasteiger charge is -2.16. The molecule has 6 heteroatoms. The van der Waals surface area contributed by atoms with Gasteiger partial charge in [0.1, 0.15) is 18.2 Å². The summed E-state index contributed by atoms with van der Waals surface area (Å²) in [7, 11) is 1.60. The Morgan fingerprint density at radius 1 is 1.26 bits per heavy atom. The van der Waals surface area contributed by atoms with Gasteiger partial charge in [-0.15, -0.1) is 0 Å².